The maximum absolute atomic E-state index is 12.6. The van der Waals surface area contributed by atoms with E-state index in [1.54, 1.807) is 0 Å². The SMILES string of the molecule is C[C@@H](N)C1CCCC(C(=O)NC2CCCCCCCC2)CC1. The first-order valence-corrected chi connectivity index (χ1v) is 9.72. The van der Waals surface area contributed by atoms with Gasteiger partial charge in [0.05, 0.1) is 0 Å². The van der Waals surface area contributed by atoms with E-state index in [-0.39, 0.29) is 12.0 Å². The van der Waals surface area contributed by atoms with Gasteiger partial charge in [-0.15, -0.1) is 0 Å². The van der Waals surface area contributed by atoms with E-state index in [4.69, 9.17) is 5.73 Å². The molecule has 3 N–H and O–H groups in total. The number of rotatable bonds is 3. The lowest BCUT2D eigenvalue weighted by Gasteiger charge is -2.22. The topological polar surface area (TPSA) is 55.1 Å². The lowest BCUT2D eigenvalue weighted by atomic mass is 9.92. The molecule has 3 heteroatoms. The van der Waals surface area contributed by atoms with Gasteiger partial charge in [-0.3, -0.25) is 4.79 Å². The molecule has 128 valence electrons. The van der Waals surface area contributed by atoms with Crippen molar-refractivity contribution in [3.63, 3.8) is 0 Å². The highest BCUT2D eigenvalue weighted by atomic mass is 16.1. The minimum atomic E-state index is 0.233. The van der Waals surface area contributed by atoms with Crippen molar-refractivity contribution in [1.82, 2.24) is 5.32 Å². The molecule has 3 atom stereocenters. The van der Waals surface area contributed by atoms with Crippen LogP contribution in [0.4, 0.5) is 0 Å². The molecular weight excluding hydrogens is 272 g/mol. The fourth-order valence-corrected chi connectivity index (χ4v) is 4.21. The summed E-state index contributed by atoms with van der Waals surface area (Å²) >= 11 is 0. The highest BCUT2D eigenvalue weighted by Crippen LogP contribution is 2.29. The summed E-state index contributed by atoms with van der Waals surface area (Å²) in [5.41, 5.74) is 6.05. The summed E-state index contributed by atoms with van der Waals surface area (Å²) in [7, 11) is 0. The molecule has 1 amide bonds. The van der Waals surface area contributed by atoms with Crippen LogP contribution in [0.3, 0.4) is 0 Å². The van der Waals surface area contributed by atoms with Gasteiger partial charge in [0.25, 0.3) is 0 Å². The van der Waals surface area contributed by atoms with Crippen LogP contribution >= 0.6 is 0 Å². The number of hydrogen-bond acceptors (Lipinski definition) is 2. The van der Waals surface area contributed by atoms with Crippen molar-refractivity contribution in [2.45, 2.75) is 102 Å². The summed E-state index contributed by atoms with van der Waals surface area (Å²) in [5.74, 6) is 1.17. The molecule has 0 aromatic heterocycles. The molecule has 0 aromatic rings. The molecule has 2 fully saturated rings. The Hall–Kier alpha value is -0.570. The predicted octanol–water partition coefficient (Wildman–Crippen LogP) is 4.15. The van der Waals surface area contributed by atoms with Crippen LogP contribution in [0, 0.1) is 11.8 Å². The summed E-state index contributed by atoms with van der Waals surface area (Å²) in [4.78, 5) is 12.6. The van der Waals surface area contributed by atoms with Gasteiger partial charge in [-0.05, 0) is 51.4 Å². The summed E-state index contributed by atoms with van der Waals surface area (Å²) in [5, 5.41) is 3.39. The molecule has 0 spiro atoms. The Morgan fingerprint density at radius 3 is 2.14 bits per heavy atom. The highest BCUT2D eigenvalue weighted by Gasteiger charge is 2.26. The fraction of sp³-hybridized carbons (Fsp3) is 0.947. The van der Waals surface area contributed by atoms with E-state index in [9.17, 15) is 4.79 Å². The average Bonchev–Trinajstić information content (AvgIpc) is 2.67. The summed E-state index contributed by atoms with van der Waals surface area (Å²) in [6.07, 6.45) is 15.9. The van der Waals surface area contributed by atoms with Gasteiger partial charge in [-0.25, -0.2) is 0 Å². The standard InChI is InChI=1S/C19H36N2O/c1-15(20)16-9-8-10-17(14-13-16)19(22)21-18-11-6-4-2-3-5-7-12-18/h15-18H,2-14,20H2,1H3,(H,21,22)/t15-,16?,17?/m1/s1. The first kappa shape index (κ1) is 17.8. The van der Waals surface area contributed by atoms with E-state index < -0.39 is 0 Å². The Kier molecular flexibility index (Phi) is 7.71. The van der Waals surface area contributed by atoms with Crippen molar-refractivity contribution in [1.29, 1.82) is 0 Å². The van der Waals surface area contributed by atoms with E-state index in [0.29, 0.717) is 17.9 Å². The van der Waals surface area contributed by atoms with Crippen LogP contribution in [-0.2, 0) is 4.79 Å². The normalized spacial score (nSPS) is 30.5. The lowest BCUT2D eigenvalue weighted by molar-refractivity contribution is -0.126. The summed E-state index contributed by atoms with van der Waals surface area (Å²) < 4.78 is 0. The van der Waals surface area contributed by atoms with Crippen molar-refractivity contribution in [3.8, 4) is 0 Å². The second-order valence-electron chi connectivity index (χ2n) is 7.73. The van der Waals surface area contributed by atoms with Crippen molar-refractivity contribution in [2.24, 2.45) is 17.6 Å². The van der Waals surface area contributed by atoms with Gasteiger partial charge in [0.15, 0.2) is 0 Å². The molecule has 2 saturated carbocycles. The Morgan fingerprint density at radius 1 is 0.864 bits per heavy atom. The number of carbonyl (C=O) groups excluding carboxylic acids is 1. The van der Waals surface area contributed by atoms with Crippen molar-refractivity contribution >= 4 is 5.91 Å². The van der Waals surface area contributed by atoms with Gasteiger partial charge in [0.1, 0.15) is 0 Å². The van der Waals surface area contributed by atoms with Crippen LogP contribution in [0.1, 0.15) is 90.4 Å². The zero-order chi connectivity index (χ0) is 15.8. The number of nitrogens with two attached hydrogens (primary N) is 1. The van der Waals surface area contributed by atoms with E-state index in [0.717, 1.165) is 25.7 Å². The minimum Gasteiger partial charge on any atom is -0.353 e. The molecular formula is C19H36N2O. The van der Waals surface area contributed by atoms with E-state index in [1.165, 1.54) is 57.8 Å². The van der Waals surface area contributed by atoms with Crippen LogP contribution in [0.5, 0.6) is 0 Å². The molecule has 0 aliphatic heterocycles. The quantitative estimate of drug-likeness (QED) is 0.770. The lowest BCUT2D eigenvalue weighted by Crippen LogP contribution is -2.39. The van der Waals surface area contributed by atoms with Gasteiger partial charge in [-0.1, -0.05) is 44.9 Å². The summed E-state index contributed by atoms with van der Waals surface area (Å²) in [6, 6.07) is 0.703. The second-order valence-corrected chi connectivity index (χ2v) is 7.73. The molecule has 0 saturated heterocycles. The van der Waals surface area contributed by atoms with E-state index in [2.05, 4.69) is 12.2 Å². The first-order chi connectivity index (χ1) is 10.7. The van der Waals surface area contributed by atoms with Crippen LogP contribution in [0.15, 0.2) is 0 Å². The number of carbonyl (C=O) groups is 1. The van der Waals surface area contributed by atoms with Gasteiger partial charge < -0.3 is 11.1 Å². The third-order valence-electron chi connectivity index (χ3n) is 5.83. The molecule has 22 heavy (non-hydrogen) atoms. The molecule has 2 rings (SSSR count). The highest BCUT2D eigenvalue weighted by molar-refractivity contribution is 5.78. The fourth-order valence-electron chi connectivity index (χ4n) is 4.21. The number of amides is 1. The monoisotopic (exact) mass is 308 g/mol. The van der Waals surface area contributed by atoms with Gasteiger partial charge in [0, 0.05) is 18.0 Å². The predicted molar refractivity (Wildman–Crippen MR) is 92.6 cm³/mol. The minimum absolute atomic E-state index is 0.233. The van der Waals surface area contributed by atoms with Gasteiger partial charge in [-0.2, -0.15) is 0 Å². The van der Waals surface area contributed by atoms with Gasteiger partial charge in [0.2, 0.25) is 5.91 Å². The second kappa shape index (κ2) is 9.54. The first-order valence-electron chi connectivity index (χ1n) is 9.72. The van der Waals surface area contributed by atoms with Crippen molar-refractivity contribution in [2.75, 3.05) is 0 Å². The van der Waals surface area contributed by atoms with Crippen LogP contribution < -0.4 is 11.1 Å². The smallest absolute Gasteiger partial charge is 0.223 e. The third-order valence-corrected chi connectivity index (χ3v) is 5.83. The van der Waals surface area contributed by atoms with Crippen LogP contribution in [-0.4, -0.2) is 18.0 Å². The molecule has 2 aliphatic rings. The third kappa shape index (κ3) is 5.91. The van der Waals surface area contributed by atoms with Crippen molar-refractivity contribution in [3.05, 3.63) is 0 Å². The Morgan fingerprint density at radius 2 is 1.50 bits per heavy atom. The van der Waals surface area contributed by atoms with E-state index >= 15 is 0 Å². The maximum Gasteiger partial charge on any atom is 0.223 e. The zero-order valence-corrected chi connectivity index (χ0v) is 14.5. The Bertz CT molecular complexity index is 319. The van der Waals surface area contributed by atoms with E-state index in [1.807, 2.05) is 0 Å². The largest absolute Gasteiger partial charge is 0.353 e. The average molecular weight is 309 g/mol. The number of nitrogens with one attached hydrogen (secondary N) is 1. The van der Waals surface area contributed by atoms with Crippen LogP contribution in [0.25, 0.3) is 0 Å². The molecule has 0 heterocycles. The molecule has 0 bridgehead atoms. The summed E-state index contributed by atoms with van der Waals surface area (Å²) in [6.45, 7) is 2.11. The molecule has 3 nitrogen and oxygen atoms in total. The molecule has 2 unspecified atom stereocenters. The van der Waals surface area contributed by atoms with Gasteiger partial charge >= 0.3 is 0 Å². The maximum atomic E-state index is 12.6. The van der Waals surface area contributed by atoms with Crippen molar-refractivity contribution < 1.29 is 4.79 Å². The Balaban J connectivity index is 1.79. The van der Waals surface area contributed by atoms with Crippen LogP contribution in [0.2, 0.25) is 0 Å². The zero-order valence-electron chi connectivity index (χ0n) is 14.5. The molecule has 0 aromatic carbocycles. The Labute approximate surface area is 136 Å². The molecule has 2 aliphatic carbocycles. The molecule has 0 radical (unpaired) electrons. The number of hydrogen-bond donors (Lipinski definition) is 2.